The molecule has 2 heterocycles. The maximum absolute atomic E-state index is 12.1. The molecule has 5 heteroatoms. The van der Waals surface area contributed by atoms with Crippen molar-refractivity contribution in [1.82, 2.24) is 9.97 Å². The van der Waals surface area contributed by atoms with Crippen LogP contribution in [0.1, 0.15) is 5.56 Å². The van der Waals surface area contributed by atoms with Crippen molar-refractivity contribution >= 4 is 0 Å². The summed E-state index contributed by atoms with van der Waals surface area (Å²) in [6.45, 7) is 2.08. The second-order valence-corrected chi connectivity index (χ2v) is 5.87. The van der Waals surface area contributed by atoms with E-state index in [0.717, 1.165) is 22.5 Å². The quantitative estimate of drug-likeness (QED) is 0.337. The van der Waals surface area contributed by atoms with Gasteiger partial charge in [0.05, 0.1) is 0 Å². The van der Waals surface area contributed by atoms with Gasteiger partial charge in [-0.05, 0) is 24.3 Å². The van der Waals surface area contributed by atoms with E-state index in [0.29, 0.717) is 0 Å². The molecule has 3 nitrogen and oxygen atoms in total. The number of rotatable bonds is 2. The van der Waals surface area contributed by atoms with E-state index in [9.17, 15) is 4.39 Å². The Morgan fingerprint density at radius 1 is 0.786 bits per heavy atom. The first-order valence-corrected chi connectivity index (χ1v) is 8.44. The van der Waals surface area contributed by atoms with Crippen LogP contribution in [0.4, 0.5) is 4.39 Å². The largest absolute Gasteiger partial charge is 0.505 e. The summed E-state index contributed by atoms with van der Waals surface area (Å²) in [5.41, 5.74) is 5.05. The zero-order valence-corrected chi connectivity index (χ0v) is 17.4. The van der Waals surface area contributed by atoms with Gasteiger partial charge < -0.3 is 5.11 Å². The number of phenols is 1. The maximum Gasteiger partial charge on any atom is 0.164 e. The molecule has 4 aromatic rings. The molecule has 1 N–H and O–H groups in total. The van der Waals surface area contributed by atoms with Crippen molar-refractivity contribution in [2.24, 2.45) is 0 Å². The standard InChI is InChI=1S/C17H13N2.C6H5FO.Pt/c1-13-10-14(16-6-2-4-8-18-16)12-15(11-13)17-7-3-5-9-19-17;7-5-3-1-2-4-6(5)8;/h2-11H,1H3;1-4,8H;/q-1;;. The SMILES string of the molecule is Cc1cc(-c2ccccn2)[c-]c(-c2ccccn2)c1.Oc1ccccc1F.[Pt]. The third-order valence-corrected chi connectivity index (χ3v) is 3.75. The average molecular weight is 552 g/mol. The average Bonchev–Trinajstić information content (AvgIpc) is 2.72. The summed E-state index contributed by atoms with van der Waals surface area (Å²) in [6.07, 6.45) is 3.60. The van der Waals surface area contributed by atoms with Crippen molar-refractivity contribution < 1.29 is 30.6 Å². The van der Waals surface area contributed by atoms with Crippen LogP contribution < -0.4 is 0 Å². The minimum absolute atomic E-state index is 0. The molecule has 0 aliphatic carbocycles. The van der Waals surface area contributed by atoms with Crippen LogP contribution in [0.25, 0.3) is 22.5 Å². The van der Waals surface area contributed by atoms with Gasteiger partial charge in [0.2, 0.25) is 0 Å². The fraction of sp³-hybridized carbons (Fsp3) is 0.0435. The van der Waals surface area contributed by atoms with Gasteiger partial charge in [-0.1, -0.05) is 54.4 Å². The van der Waals surface area contributed by atoms with E-state index in [2.05, 4.69) is 35.1 Å². The van der Waals surface area contributed by atoms with Crippen LogP contribution in [0.2, 0.25) is 0 Å². The van der Waals surface area contributed by atoms with E-state index in [-0.39, 0.29) is 26.8 Å². The summed E-state index contributed by atoms with van der Waals surface area (Å²) in [6, 6.07) is 25.0. The molecule has 0 bridgehead atoms. The number of phenolic OH excluding ortho intramolecular Hbond substituents is 1. The molecule has 28 heavy (non-hydrogen) atoms. The van der Waals surface area contributed by atoms with Crippen LogP contribution in [0.3, 0.4) is 0 Å². The van der Waals surface area contributed by atoms with Gasteiger partial charge in [-0.3, -0.25) is 9.97 Å². The summed E-state index contributed by atoms with van der Waals surface area (Å²) in [7, 11) is 0. The number of halogens is 1. The zero-order chi connectivity index (χ0) is 19.1. The number of para-hydroxylation sites is 1. The normalized spacial score (nSPS) is 9.64. The number of aryl methyl sites for hydroxylation is 1. The minimum atomic E-state index is -0.576. The fourth-order valence-electron chi connectivity index (χ4n) is 2.49. The Kier molecular flexibility index (Phi) is 8.03. The smallest absolute Gasteiger partial charge is 0.164 e. The number of hydrogen-bond donors (Lipinski definition) is 1. The van der Waals surface area contributed by atoms with Gasteiger partial charge in [0, 0.05) is 44.8 Å². The molecule has 0 amide bonds. The third kappa shape index (κ3) is 5.83. The first-order valence-electron chi connectivity index (χ1n) is 8.44. The van der Waals surface area contributed by atoms with Crippen molar-refractivity contribution in [3.05, 3.63) is 103 Å². The van der Waals surface area contributed by atoms with E-state index in [1.54, 1.807) is 18.5 Å². The van der Waals surface area contributed by atoms with Crippen molar-refractivity contribution in [3.63, 3.8) is 0 Å². The van der Waals surface area contributed by atoms with Crippen molar-refractivity contribution in [2.45, 2.75) is 6.92 Å². The molecule has 2 aromatic heterocycles. The monoisotopic (exact) mass is 552 g/mol. The van der Waals surface area contributed by atoms with Gasteiger partial charge in [-0.25, -0.2) is 4.39 Å². The summed E-state index contributed by atoms with van der Waals surface area (Å²) in [5, 5.41) is 8.54. The van der Waals surface area contributed by atoms with E-state index in [4.69, 9.17) is 5.11 Å². The molecule has 144 valence electrons. The van der Waals surface area contributed by atoms with E-state index in [1.165, 1.54) is 23.8 Å². The van der Waals surface area contributed by atoms with Crippen LogP contribution in [0.5, 0.6) is 5.75 Å². The molecule has 0 unspecified atom stereocenters. The van der Waals surface area contributed by atoms with Crippen molar-refractivity contribution in [3.8, 4) is 28.3 Å². The van der Waals surface area contributed by atoms with Gasteiger partial charge >= 0.3 is 0 Å². The van der Waals surface area contributed by atoms with Crippen LogP contribution >= 0.6 is 0 Å². The van der Waals surface area contributed by atoms with Crippen molar-refractivity contribution in [1.29, 1.82) is 0 Å². The summed E-state index contributed by atoms with van der Waals surface area (Å²) < 4.78 is 12.1. The van der Waals surface area contributed by atoms with Crippen molar-refractivity contribution in [2.75, 3.05) is 0 Å². The Morgan fingerprint density at radius 2 is 1.29 bits per heavy atom. The molecule has 0 aliphatic rings. The van der Waals surface area contributed by atoms with Crippen LogP contribution in [0, 0.1) is 18.8 Å². The summed E-state index contributed by atoms with van der Waals surface area (Å²) >= 11 is 0. The van der Waals surface area contributed by atoms with Gasteiger partial charge in [0.1, 0.15) is 0 Å². The topological polar surface area (TPSA) is 46.0 Å². The number of pyridine rings is 2. The third-order valence-electron chi connectivity index (χ3n) is 3.75. The van der Waals surface area contributed by atoms with E-state index in [1.807, 2.05) is 36.4 Å². The van der Waals surface area contributed by atoms with E-state index >= 15 is 0 Å². The molecular weight excluding hydrogens is 534 g/mol. The first-order chi connectivity index (χ1) is 13.1. The van der Waals surface area contributed by atoms with Crippen LogP contribution in [-0.2, 0) is 21.1 Å². The number of aromatic hydroxyl groups is 1. The number of nitrogens with zero attached hydrogens (tertiary/aromatic N) is 2. The molecule has 0 fully saturated rings. The fourth-order valence-corrected chi connectivity index (χ4v) is 2.49. The molecule has 0 aliphatic heterocycles. The van der Waals surface area contributed by atoms with Gasteiger partial charge in [0.25, 0.3) is 0 Å². The number of benzene rings is 2. The molecule has 4 rings (SSSR count). The Morgan fingerprint density at radius 3 is 1.68 bits per heavy atom. The molecule has 0 saturated heterocycles. The molecule has 0 radical (unpaired) electrons. The van der Waals surface area contributed by atoms with Crippen LogP contribution in [0.15, 0.2) is 85.2 Å². The predicted molar refractivity (Wildman–Crippen MR) is 105 cm³/mol. The molecule has 0 saturated carbocycles. The second kappa shape index (κ2) is 10.5. The van der Waals surface area contributed by atoms with Crippen LogP contribution in [-0.4, -0.2) is 15.1 Å². The minimum Gasteiger partial charge on any atom is -0.505 e. The Bertz CT molecular complexity index is 932. The Hall–Kier alpha value is -2.84. The Labute approximate surface area is 178 Å². The number of hydrogen-bond acceptors (Lipinski definition) is 3. The predicted octanol–water partition coefficient (Wildman–Crippen LogP) is 5.45. The van der Waals surface area contributed by atoms with Gasteiger partial charge in [0.15, 0.2) is 11.6 Å². The maximum atomic E-state index is 12.1. The molecular formula is C23H18FN2OPt-. The zero-order valence-electron chi connectivity index (χ0n) is 15.1. The Balaban J connectivity index is 0.000000264. The first kappa shape index (κ1) is 21.5. The second-order valence-electron chi connectivity index (χ2n) is 5.87. The molecule has 0 atom stereocenters. The summed E-state index contributed by atoms with van der Waals surface area (Å²) in [5.74, 6) is -0.875. The molecule has 2 aromatic carbocycles. The summed E-state index contributed by atoms with van der Waals surface area (Å²) in [4.78, 5) is 8.75. The van der Waals surface area contributed by atoms with Gasteiger partial charge in [-0.15, -0.1) is 23.8 Å². The van der Waals surface area contributed by atoms with E-state index < -0.39 is 5.82 Å². The van der Waals surface area contributed by atoms with Gasteiger partial charge in [-0.2, -0.15) is 0 Å². The number of aromatic nitrogens is 2. The molecule has 0 spiro atoms.